The molecule has 1 aromatic rings. The van der Waals surface area contributed by atoms with Crippen LogP contribution in [0.15, 0.2) is 18.2 Å². The van der Waals surface area contributed by atoms with Gasteiger partial charge >= 0.3 is 0 Å². The van der Waals surface area contributed by atoms with Gasteiger partial charge in [-0.15, -0.1) is 0 Å². The first-order chi connectivity index (χ1) is 9.18. The average molecular weight is 255 g/mol. The summed E-state index contributed by atoms with van der Waals surface area (Å²) in [5.41, 5.74) is 10.8. The number of aryl methyl sites for hydroxylation is 1. The monoisotopic (exact) mass is 255 g/mol. The number of hydrogen-bond donors (Lipinski definition) is 1. The smallest absolute Gasteiger partial charge is 0.0180 e. The lowest BCUT2D eigenvalue weighted by Gasteiger charge is -2.57. The maximum atomic E-state index is 5.91. The molecule has 19 heavy (non-hydrogen) atoms. The van der Waals surface area contributed by atoms with Crippen LogP contribution in [0.1, 0.15) is 55.2 Å². The van der Waals surface area contributed by atoms with Crippen molar-refractivity contribution in [3.8, 4) is 0 Å². The van der Waals surface area contributed by atoms with Gasteiger partial charge in [0.15, 0.2) is 0 Å². The van der Waals surface area contributed by atoms with E-state index in [-0.39, 0.29) is 0 Å². The van der Waals surface area contributed by atoms with Crippen molar-refractivity contribution in [2.75, 3.05) is 0 Å². The molecule has 0 heterocycles. The fourth-order valence-corrected chi connectivity index (χ4v) is 5.69. The Hall–Kier alpha value is -0.820. The van der Waals surface area contributed by atoms with Gasteiger partial charge in [-0.1, -0.05) is 18.2 Å². The van der Waals surface area contributed by atoms with Gasteiger partial charge in [-0.05, 0) is 85.3 Å². The van der Waals surface area contributed by atoms with Crippen molar-refractivity contribution in [2.24, 2.45) is 23.5 Å². The predicted octanol–water partition coefficient (Wildman–Crippen LogP) is 3.92. The van der Waals surface area contributed by atoms with Crippen LogP contribution in [0.25, 0.3) is 0 Å². The van der Waals surface area contributed by atoms with Crippen molar-refractivity contribution < 1.29 is 0 Å². The molecular weight excluding hydrogens is 230 g/mol. The first-order valence-corrected chi connectivity index (χ1v) is 7.98. The third-order valence-corrected chi connectivity index (χ3v) is 6.22. The molecule has 0 amide bonds. The SMILES string of the molecule is Cc1ccc(C23CC4CC(CC(C4)C2)C3)cc1CN. The Morgan fingerprint density at radius 2 is 1.63 bits per heavy atom. The van der Waals surface area contributed by atoms with Crippen LogP contribution in [-0.2, 0) is 12.0 Å². The van der Waals surface area contributed by atoms with E-state index in [0.29, 0.717) is 12.0 Å². The maximum absolute atomic E-state index is 5.91. The Kier molecular flexibility index (Phi) is 2.57. The minimum atomic E-state index is 0.520. The van der Waals surface area contributed by atoms with E-state index in [2.05, 4.69) is 25.1 Å². The van der Waals surface area contributed by atoms with Gasteiger partial charge in [-0.3, -0.25) is 0 Å². The molecule has 0 spiro atoms. The van der Waals surface area contributed by atoms with Crippen LogP contribution in [0.4, 0.5) is 0 Å². The second-order valence-corrected chi connectivity index (χ2v) is 7.54. The zero-order valence-electron chi connectivity index (χ0n) is 12.0. The lowest BCUT2D eigenvalue weighted by Crippen LogP contribution is -2.48. The summed E-state index contributed by atoms with van der Waals surface area (Å²) in [4.78, 5) is 0. The topological polar surface area (TPSA) is 26.0 Å². The summed E-state index contributed by atoms with van der Waals surface area (Å²) in [6.07, 6.45) is 8.92. The van der Waals surface area contributed by atoms with Crippen molar-refractivity contribution >= 4 is 0 Å². The zero-order chi connectivity index (χ0) is 13.0. The molecule has 4 aliphatic rings. The third-order valence-electron chi connectivity index (χ3n) is 6.22. The normalized spacial score (nSPS) is 39.8. The van der Waals surface area contributed by atoms with Gasteiger partial charge in [0.2, 0.25) is 0 Å². The van der Waals surface area contributed by atoms with E-state index in [0.717, 1.165) is 17.8 Å². The van der Waals surface area contributed by atoms with Crippen molar-refractivity contribution in [2.45, 2.75) is 57.4 Å². The maximum Gasteiger partial charge on any atom is 0.0180 e. The number of benzene rings is 1. The second kappa shape index (κ2) is 4.09. The van der Waals surface area contributed by atoms with E-state index in [9.17, 15) is 0 Å². The Balaban J connectivity index is 1.75. The summed E-state index contributed by atoms with van der Waals surface area (Å²) < 4.78 is 0. The molecule has 0 aliphatic heterocycles. The summed E-state index contributed by atoms with van der Waals surface area (Å²) in [5, 5.41) is 0. The summed E-state index contributed by atoms with van der Waals surface area (Å²) in [6, 6.07) is 7.14. The molecule has 0 radical (unpaired) electrons. The third kappa shape index (κ3) is 1.78. The molecule has 102 valence electrons. The molecule has 5 rings (SSSR count). The van der Waals surface area contributed by atoms with Crippen LogP contribution in [0.5, 0.6) is 0 Å². The van der Waals surface area contributed by atoms with Crippen molar-refractivity contribution in [3.63, 3.8) is 0 Å². The quantitative estimate of drug-likeness (QED) is 0.851. The van der Waals surface area contributed by atoms with Gasteiger partial charge in [0.25, 0.3) is 0 Å². The molecule has 0 atom stereocenters. The molecular formula is C18H25N. The van der Waals surface area contributed by atoms with E-state index < -0.39 is 0 Å². The highest BCUT2D eigenvalue weighted by molar-refractivity contribution is 5.37. The van der Waals surface area contributed by atoms with E-state index in [1.807, 2.05) is 0 Å². The minimum Gasteiger partial charge on any atom is -0.326 e. The molecule has 4 saturated carbocycles. The Morgan fingerprint density at radius 3 is 2.16 bits per heavy atom. The van der Waals surface area contributed by atoms with Gasteiger partial charge < -0.3 is 5.73 Å². The summed E-state index contributed by atoms with van der Waals surface area (Å²) >= 11 is 0. The largest absolute Gasteiger partial charge is 0.326 e. The zero-order valence-corrected chi connectivity index (χ0v) is 12.0. The Morgan fingerprint density at radius 1 is 1.05 bits per heavy atom. The van der Waals surface area contributed by atoms with Crippen LogP contribution in [0, 0.1) is 24.7 Å². The molecule has 4 bridgehead atoms. The molecule has 1 aromatic carbocycles. The van der Waals surface area contributed by atoms with Gasteiger partial charge in [0.05, 0.1) is 0 Å². The van der Waals surface area contributed by atoms with Gasteiger partial charge in [-0.2, -0.15) is 0 Å². The lowest BCUT2D eigenvalue weighted by atomic mass is 9.48. The highest BCUT2D eigenvalue weighted by Crippen LogP contribution is 2.60. The molecule has 4 fully saturated rings. The highest BCUT2D eigenvalue weighted by Gasteiger charge is 2.51. The van der Waals surface area contributed by atoms with Crippen LogP contribution >= 0.6 is 0 Å². The second-order valence-electron chi connectivity index (χ2n) is 7.54. The Labute approximate surface area is 116 Å². The first-order valence-electron chi connectivity index (χ1n) is 7.98. The number of nitrogens with two attached hydrogens (primary N) is 1. The van der Waals surface area contributed by atoms with Crippen LogP contribution < -0.4 is 5.73 Å². The molecule has 0 aromatic heterocycles. The molecule has 1 nitrogen and oxygen atoms in total. The molecule has 1 heteroatoms. The van der Waals surface area contributed by atoms with E-state index in [4.69, 9.17) is 5.73 Å². The molecule has 0 unspecified atom stereocenters. The summed E-state index contributed by atoms with van der Waals surface area (Å²) in [6.45, 7) is 2.87. The van der Waals surface area contributed by atoms with Crippen LogP contribution in [0.2, 0.25) is 0 Å². The number of rotatable bonds is 2. The van der Waals surface area contributed by atoms with E-state index in [1.54, 1.807) is 5.56 Å². The fraction of sp³-hybridized carbons (Fsp3) is 0.667. The molecule has 4 aliphatic carbocycles. The van der Waals surface area contributed by atoms with Crippen molar-refractivity contribution in [3.05, 3.63) is 34.9 Å². The fourth-order valence-electron chi connectivity index (χ4n) is 5.69. The van der Waals surface area contributed by atoms with Gasteiger partial charge in [-0.25, -0.2) is 0 Å². The van der Waals surface area contributed by atoms with Crippen molar-refractivity contribution in [1.29, 1.82) is 0 Å². The minimum absolute atomic E-state index is 0.520. The lowest BCUT2D eigenvalue weighted by molar-refractivity contribution is -0.00522. The Bertz CT molecular complexity index is 467. The van der Waals surface area contributed by atoms with Crippen molar-refractivity contribution in [1.82, 2.24) is 0 Å². The standard InChI is InChI=1S/C18H25N/c1-12-2-3-17(7-16(12)11-19)18-8-13-4-14(9-18)6-15(5-13)10-18/h2-3,7,13-15H,4-6,8-11,19H2,1H3. The molecule has 2 N–H and O–H groups in total. The van der Waals surface area contributed by atoms with E-state index >= 15 is 0 Å². The predicted molar refractivity (Wildman–Crippen MR) is 78.9 cm³/mol. The highest BCUT2D eigenvalue weighted by atomic mass is 14.6. The number of hydrogen-bond acceptors (Lipinski definition) is 1. The summed E-state index contributed by atoms with van der Waals surface area (Å²) in [5.74, 6) is 3.07. The first kappa shape index (κ1) is 12.0. The van der Waals surface area contributed by atoms with Crippen LogP contribution in [0.3, 0.4) is 0 Å². The van der Waals surface area contributed by atoms with Crippen LogP contribution in [-0.4, -0.2) is 0 Å². The average Bonchev–Trinajstić information content (AvgIpc) is 2.37. The van der Waals surface area contributed by atoms with E-state index in [1.165, 1.54) is 49.7 Å². The van der Waals surface area contributed by atoms with Gasteiger partial charge in [0.1, 0.15) is 0 Å². The molecule has 0 saturated heterocycles. The summed E-state index contributed by atoms with van der Waals surface area (Å²) in [7, 11) is 0. The van der Waals surface area contributed by atoms with Gasteiger partial charge in [0, 0.05) is 6.54 Å².